The number of ether oxygens (including phenoxy) is 2. The number of nitrogens with zero attached hydrogens (tertiary/aromatic N) is 2. The van der Waals surface area contributed by atoms with Crippen LogP contribution in [0.15, 0.2) is 52.2 Å². The molecule has 0 bridgehead atoms. The molecule has 0 aliphatic carbocycles. The number of benzene rings is 1. The van der Waals surface area contributed by atoms with Crippen LogP contribution in [0.2, 0.25) is 0 Å². The second-order valence-corrected chi connectivity index (χ2v) is 12.5. The van der Waals surface area contributed by atoms with E-state index in [4.69, 9.17) is 9.47 Å². The number of hydrogen-bond donors (Lipinski definition) is 0. The van der Waals surface area contributed by atoms with Crippen LogP contribution in [0.25, 0.3) is 5.70 Å². The average Bonchev–Trinajstić information content (AvgIpc) is 3.43. The second kappa shape index (κ2) is 9.36. The number of thiophene rings is 1. The summed E-state index contributed by atoms with van der Waals surface area (Å²) in [7, 11) is -3.04. The lowest BCUT2D eigenvalue weighted by molar-refractivity contribution is -0.137. The lowest BCUT2D eigenvalue weighted by Gasteiger charge is -2.41. The van der Waals surface area contributed by atoms with Gasteiger partial charge in [0.2, 0.25) is 5.91 Å². The van der Waals surface area contributed by atoms with E-state index in [1.807, 2.05) is 6.92 Å². The van der Waals surface area contributed by atoms with Gasteiger partial charge >= 0.3 is 12.1 Å². The molecular weight excluding hydrogens is 504 g/mol. The van der Waals surface area contributed by atoms with Gasteiger partial charge in [0.15, 0.2) is 0 Å². The van der Waals surface area contributed by atoms with Gasteiger partial charge in [-0.25, -0.2) is 22.9 Å². The number of likely N-dealkylation sites (tertiary alicyclic amines) is 1. The molecule has 1 aromatic carbocycles. The first-order valence-corrected chi connectivity index (χ1v) is 13.7. The van der Waals surface area contributed by atoms with Gasteiger partial charge < -0.3 is 9.47 Å². The molecule has 1 aromatic heterocycles. The van der Waals surface area contributed by atoms with E-state index in [-0.39, 0.29) is 29.0 Å². The van der Waals surface area contributed by atoms with Crippen LogP contribution in [0.1, 0.15) is 44.1 Å². The van der Waals surface area contributed by atoms with Gasteiger partial charge in [-0.1, -0.05) is 23.8 Å². The zero-order valence-electron chi connectivity index (χ0n) is 20.7. The molecule has 1 fully saturated rings. The summed E-state index contributed by atoms with van der Waals surface area (Å²) in [6.45, 7) is 6.86. The highest BCUT2D eigenvalue weighted by Gasteiger charge is 2.55. The van der Waals surface area contributed by atoms with Crippen molar-refractivity contribution in [3.8, 4) is 0 Å². The first kappa shape index (κ1) is 25.9. The maximum Gasteiger partial charge on any atom is 0.417 e. The molecule has 2 atom stereocenters. The molecule has 2 aromatic rings. The van der Waals surface area contributed by atoms with Gasteiger partial charge in [-0.2, -0.15) is 0 Å². The monoisotopic (exact) mass is 532 g/mol. The summed E-state index contributed by atoms with van der Waals surface area (Å²) in [5.74, 6) is -1.30. The van der Waals surface area contributed by atoms with Crippen molar-refractivity contribution in [1.82, 2.24) is 9.21 Å². The standard InChI is InChI=1S/C25H28N2O7S2/c1-15-8-10-16(11-9-15)36(31,32)27-19-14-21(28)26(24(30)34-25(2,3)4)18(19)13-17(23(29)33-5)22(27)20-7-6-12-35-20/h6-12,18-19H,13-14H2,1-5H3/t18-,19-/m1/s1. The number of fused-ring (bicyclic) bond motifs is 1. The third-order valence-corrected chi connectivity index (χ3v) is 8.72. The first-order valence-electron chi connectivity index (χ1n) is 11.4. The Morgan fingerprint density at radius 2 is 1.72 bits per heavy atom. The van der Waals surface area contributed by atoms with Gasteiger partial charge in [-0.3, -0.25) is 9.10 Å². The maximum absolute atomic E-state index is 14.1. The van der Waals surface area contributed by atoms with E-state index >= 15 is 0 Å². The number of sulfonamides is 1. The molecule has 1 saturated heterocycles. The van der Waals surface area contributed by atoms with Gasteiger partial charge in [0.25, 0.3) is 10.0 Å². The smallest absolute Gasteiger partial charge is 0.417 e. The van der Waals surface area contributed by atoms with Crippen molar-refractivity contribution >= 4 is 45.0 Å². The fourth-order valence-electron chi connectivity index (χ4n) is 4.49. The molecule has 2 aliphatic heterocycles. The minimum atomic E-state index is -4.25. The number of aryl methyl sites for hydroxylation is 1. The summed E-state index contributed by atoms with van der Waals surface area (Å²) < 4.78 is 39.8. The Bertz CT molecular complexity index is 1320. The molecule has 0 saturated carbocycles. The summed E-state index contributed by atoms with van der Waals surface area (Å²) in [6.07, 6.45) is -1.18. The summed E-state index contributed by atoms with van der Waals surface area (Å²) >= 11 is 1.27. The number of esters is 1. The average molecular weight is 533 g/mol. The Labute approximate surface area is 214 Å². The second-order valence-electron chi connectivity index (χ2n) is 9.70. The zero-order chi connectivity index (χ0) is 26.4. The van der Waals surface area contributed by atoms with Crippen molar-refractivity contribution in [1.29, 1.82) is 0 Å². The number of rotatable bonds is 4. The summed E-state index contributed by atoms with van der Waals surface area (Å²) in [6, 6.07) is 7.92. The number of imide groups is 1. The molecule has 3 heterocycles. The molecule has 36 heavy (non-hydrogen) atoms. The van der Waals surface area contributed by atoms with Crippen molar-refractivity contribution in [2.45, 2.75) is 63.1 Å². The largest absolute Gasteiger partial charge is 0.466 e. The molecule has 192 valence electrons. The number of amides is 2. The van der Waals surface area contributed by atoms with Gasteiger partial charge in [0.1, 0.15) is 5.60 Å². The van der Waals surface area contributed by atoms with Crippen molar-refractivity contribution in [3.63, 3.8) is 0 Å². The Morgan fingerprint density at radius 3 is 2.28 bits per heavy atom. The van der Waals surface area contributed by atoms with Crippen molar-refractivity contribution in [2.75, 3.05) is 7.11 Å². The Hall–Kier alpha value is -3.18. The number of carbonyl (C=O) groups excluding carboxylic acids is 3. The highest BCUT2D eigenvalue weighted by atomic mass is 32.2. The van der Waals surface area contributed by atoms with Crippen LogP contribution in [0.4, 0.5) is 4.79 Å². The molecule has 4 rings (SSSR count). The summed E-state index contributed by atoms with van der Waals surface area (Å²) in [5, 5.41) is 1.77. The van der Waals surface area contributed by atoms with Crippen LogP contribution in [-0.2, 0) is 29.1 Å². The zero-order valence-corrected chi connectivity index (χ0v) is 22.3. The Kier molecular flexibility index (Phi) is 6.74. The fraction of sp³-hybridized carbons (Fsp3) is 0.400. The molecule has 9 nitrogen and oxygen atoms in total. The van der Waals surface area contributed by atoms with Gasteiger partial charge in [-0.15, -0.1) is 11.3 Å². The van der Waals surface area contributed by atoms with E-state index in [1.165, 1.54) is 30.6 Å². The van der Waals surface area contributed by atoms with Crippen LogP contribution in [0, 0.1) is 6.92 Å². The van der Waals surface area contributed by atoms with E-state index in [0.29, 0.717) is 4.88 Å². The molecule has 0 unspecified atom stereocenters. The minimum Gasteiger partial charge on any atom is -0.466 e. The van der Waals surface area contributed by atoms with E-state index < -0.39 is 45.7 Å². The molecule has 0 spiro atoms. The van der Waals surface area contributed by atoms with Gasteiger partial charge in [0, 0.05) is 6.42 Å². The van der Waals surface area contributed by atoms with E-state index in [0.717, 1.165) is 14.8 Å². The predicted octanol–water partition coefficient (Wildman–Crippen LogP) is 3.94. The maximum atomic E-state index is 14.1. The van der Waals surface area contributed by atoms with Crippen molar-refractivity contribution < 1.29 is 32.3 Å². The highest BCUT2D eigenvalue weighted by Crippen LogP contribution is 2.45. The number of methoxy groups -OCH3 is 1. The number of carbonyl (C=O) groups is 3. The first-order chi connectivity index (χ1) is 16.8. The van der Waals surface area contributed by atoms with Crippen molar-refractivity contribution in [3.05, 3.63) is 57.8 Å². The third kappa shape index (κ3) is 4.64. The van der Waals surface area contributed by atoms with E-state index in [1.54, 1.807) is 50.4 Å². The number of hydrogen-bond acceptors (Lipinski definition) is 8. The van der Waals surface area contributed by atoms with Crippen LogP contribution < -0.4 is 0 Å². The molecule has 11 heteroatoms. The van der Waals surface area contributed by atoms with Crippen LogP contribution in [0.5, 0.6) is 0 Å². The Balaban J connectivity index is 1.93. The van der Waals surface area contributed by atoms with E-state index in [9.17, 15) is 22.8 Å². The van der Waals surface area contributed by atoms with Gasteiger partial charge in [0.05, 0.1) is 46.7 Å². The highest BCUT2D eigenvalue weighted by molar-refractivity contribution is 7.89. The SMILES string of the molecule is COC(=O)C1=C(c2cccs2)N(S(=O)(=O)c2ccc(C)cc2)[C@@H]2CC(=O)N(C(=O)OC(C)(C)C)[C@@H]2C1. The minimum absolute atomic E-state index is 0.00943. The molecule has 2 amide bonds. The van der Waals surface area contributed by atoms with Crippen molar-refractivity contribution in [2.24, 2.45) is 0 Å². The quantitative estimate of drug-likeness (QED) is 0.549. The summed E-state index contributed by atoms with van der Waals surface area (Å²) in [5.41, 5.74) is 0.237. The van der Waals surface area contributed by atoms with Crippen LogP contribution >= 0.6 is 11.3 Å². The predicted molar refractivity (Wildman–Crippen MR) is 133 cm³/mol. The van der Waals surface area contributed by atoms with Crippen LogP contribution in [-0.4, -0.2) is 60.4 Å². The summed E-state index contributed by atoms with van der Waals surface area (Å²) in [4.78, 5) is 40.6. The molecular formula is C25H28N2O7S2. The molecule has 0 radical (unpaired) electrons. The lowest BCUT2D eigenvalue weighted by atomic mass is 9.93. The topological polar surface area (TPSA) is 110 Å². The fourth-order valence-corrected chi connectivity index (χ4v) is 7.07. The van der Waals surface area contributed by atoms with E-state index in [2.05, 4.69) is 0 Å². The normalized spacial score (nSPS) is 20.4. The third-order valence-electron chi connectivity index (χ3n) is 6.00. The van der Waals surface area contributed by atoms with Gasteiger partial charge in [-0.05, 0) is 51.3 Å². The molecule has 2 aliphatic rings. The Morgan fingerprint density at radius 1 is 1.06 bits per heavy atom. The molecule has 0 N–H and O–H groups in total. The lowest BCUT2D eigenvalue weighted by Crippen LogP contribution is -2.53. The van der Waals surface area contributed by atoms with Crippen LogP contribution in [0.3, 0.4) is 0 Å².